The van der Waals surface area contributed by atoms with Crippen LogP contribution in [0.5, 0.6) is 0 Å². The normalized spacial score (nSPS) is 12.3. The highest BCUT2D eigenvalue weighted by Gasteiger charge is 2.21. The lowest BCUT2D eigenvalue weighted by Crippen LogP contribution is -2.21. The summed E-state index contributed by atoms with van der Waals surface area (Å²) in [6, 6.07) is 14.4. The smallest absolute Gasteiger partial charge is 0.261 e. The molecule has 0 saturated carbocycles. The fraction of sp³-hybridized carbons (Fsp3) is 0.136. The molecule has 138 valence electrons. The highest BCUT2D eigenvalue weighted by molar-refractivity contribution is 7.17. The number of carbonyl (C=O) groups excluding carboxylic acids is 1. The van der Waals surface area contributed by atoms with Crippen molar-refractivity contribution in [3.63, 3.8) is 0 Å². The van der Waals surface area contributed by atoms with E-state index in [1.807, 2.05) is 17.5 Å². The van der Waals surface area contributed by atoms with Crippen LogP contribution in [-0.2, 0) is 19.4 Å². The van der Waals surface area contributed by atoms with Gasteiger partial charge in [-0.1, -0.05) is 24.3 Å². The second-order valence-electron chi connectivity index (χ2n) is 6.67. The zero-order valence-corrected chi connectivity index (χ0v) is 16.6. The Kier molecular flexibility index (Phi) is 4.50. The fourth-order valence-electron chi connectivity index (χ4n) is 3.47. The molecule has 0 spiro atoms. The molecular weight excluding hydrogens is 386 g/mol. The van der Waals surface area contributed by atoms with Crippen molar-refractivity contribution in [2.24, 2.45) is 0 Å². The molecule has 0 aliphatic heterocycles. The van der Waals surface area contributed by atoms with Crippen LogP contribution >= 0.6 is 22.7 Å². The topological polar surface area (TPSA) is 54.9 Å². The van der Waals surface area contributed by atoms with Crippen LogP contribution in [0.2, 0.25) is 0 Å². The SMILES string of the molecule is O=C(NCc1nc(-c2ccncc2)cs1)c1cc2c(s1)-c1ccccc1CC2. The third-order valence-electron chi connectivity index (χ3n) is 4.89. The van der Waals surface area contributed by atoms with Gasteiger partial charge >= 0.3 is 0 Å². The molecule has 28 heavy (non-hydrogen) atoms. The van der Waals surface area contributed by atoms with E-state index in [2.05, 4.69) is 45.6 Å². The summed E-state index contributed by atoms with van der Waals surface area (Å²) in [7, 11) is 0. The molecule has 1 aromatic carbocycles. The molecule has 0 saturated heterocycles. The molecule has 3 heterocycles. The Morgan fingerprint density at radius 1 is 1.07 bits per heavy atom. The summed E-state index contributed by atoms with van der Waals surface area (Å²) in [6.07, 6.45) is 5.55. The third kappa shape index (κ3) is 3.25. The molecule has 0 bridgehead atoms. The lowest BCUT2D eigenvalue weighted by atomic mass is 9.91. The van der Waals surface area contributed by atoms with Crippen molar-refractivity contribution in [2.45, 2.75) is 19.4 Å². The number of rotatable bonds is 4. The first-order valence-corrected chi connectivity index (χ1v) is 10.8. The quantitative estimate of drug-likeness (QED) is 0.524. The van der Waals surface area contributed by atoms with Gasteiger partial charge in [0.15, 0.2) is 0 Å². The molecule has 0 fully saturated rings. The van der Waals surface area contributed by atoms with Crippen LogP contribution in [0.1, 0.15) is 25.8 Å². The number of thiazole rings is 1. The molecule has 1 aliphatic rings. The van der Waals surface area contributed by atoms with Gasteiger partial charge in [-0.15, -0.1) is 22.7 Å². The number of carbonyl (C=O) groups is 1. The molecular formula is C22H17N3OS2. The maximum atomic E-state index is 12.7. The summed E-state index contributed by atoms with van der Waals surface area (Å²) in [5.41, 5.74) is 5.88. The number of hydrogen-bond acceptors (Lipinski definition) is 5. The molecule has 0 unspecified atom stereocenters. The number of fused-ring (bicyclic) bond motifs is 3. The van der Waals surface area contributed by atoms with Crippen molar-refractivity contribution in [1.82, 2.24) is 15.3 Å². The van der Waals surface area contributed by atoms with Gasteiger partial charge in [-0.25, -0.2) is 4.98 Å². The van der Waals surface area contributed by atoms with Gasteiger partial charge in [-0.05, 0) is 47.7 Å². The maximum absolute atomic E-state index is 12.7. The summed E-state index contributed by atoms with van der Waals surface area (Å²) in [6.45, 7) is 0.438. The second-order valence-corrected chi connectivity index (χ2v) is 8.66. The number of thiophene rings is 1. The zero-order valence-electron chi connectivity index (χ0n) is 15.0. The fourth-order valence-corrected chi connectivity index (χ4v) is 5.40. The number of aryl methyl sites for hydroxylation is 2. The lowest BCUT2D eigenvalue weighted by molar-refractivity contribution is 0.0955. The van der Waals surface area contributed by atoms with Gasteiger partial charge in [0, 0.05) is 28.2 Å². The molecule has 0 atom stereocenters. The summed E-state index contributed by atoms with van der Waals surface area (Å²) >= 11 is 3.14. The van der Waals surface area contributed by atoms with Crippen LogP contribution in [0.3, 0.4) is 0 Å². The molecule has 0 radical (unpaired) electrons. The minimum atomic E-state index is -0.0301. The van der Waals surface area contributed by atoms with Gasteiger partial charge in [0.05, 0.1) is 17.1 Å². The van der Waals surface area contributed by atoms with Crippen LogP contribution < -0.4 is 5.32 Å². The van der Waals surface area contributed by atoms with Crippen molar-refractivity contribution < 1.29 is 4.79 Å². The summed E-state index contributed by atoms with van der Waals surface area (Å²) in [5.74, 6) is -0.0301. The first-order valence-electron chi connectivity index (χ1n) is 9.12. The van der Waals surface area contributed by atoms with Crippen LogP contribution in [0.25, 0.3) is 21.7 Å². The van der Waals surface area contributed by atoms with Gasteiger partial charge in [0.2, 0.25) is 0 Å². The predicted molar refractivity (Wildman–Crippen MR) is 114 cm³/mol. The molecule has 4 nitrogen and oxygen atoms in total. The number of aromatic nitrogens is 2. The standard InChI is InChI=1S/C22H17N3OS2/c26-22(24-12-20-25-18(13-27-20)15-7-9-23-10-8-15)19-11-16-6-5-14-3-1-2-4-17(14)21(16)28-19/h1-4,7-11,13H,5-6,12H2,(H,24,26). The monoisotopic (exact) mass is 403 g/mol. The first kappa shape index (κ1) is 17.3. The van der Waals surface area contributed by atoms with E-state index in [9.17, 15) is 4.79 Å². The van der Waals surface area contributed by atoms with Crippen molar-refractivity contribution >= 4 is 28.6 Å². The van der Waals surface area contributed by atoms with E-state index in [0.29, 0.717) is 6.54 Å². The van der Waals surface area contributed by atoms with Crippen molar-refractivity contribution in [1.29, 1.82) is 0 Å². The first-order chi connectivity index (χ1) is 13.8. The molecule has 6 heteroatoms. The number of hydrogen-bond donors (Lipinski definition) is 1. The van der Waals surface area contributed by atoms with E-state index >= 15 is 0 Å². The van der Waals surface area contributed by atoms with Gasteiger partial charge in [-0.3, -0.25) is 9.78 Å². The van der Waals surface area contributed by atoms with Gasteiger partial charge in [0.25, 0.3) is 5.91 Å². The second kappa shape index (κ2) is 7.30. The van der Waals surface area contributed by atoms with Crippen LogP contribution in [-0.4, -0.2) is 15.9 Å². The van der Waals surface area contributed by atoms with Gasteiger partial charge < -0.3 is 5.32 Å². The van der Waals surface area contributed by atoms with E-state index in [0.717, 1.165) is 34.0 Å². The summed E-state index contributed by atoms with van der Waals surface area (Å²) < 4.78 is 0. The largest absolute Gasteiger partial charge is 0.345 e. The Labute approximate surface area is 170 Å². The molecule has 1 aliphatic carbocycles. The average Bonchev–Trinajstić information content (AvgIpc) is 3.40. The van der Waals surface area contributed by atoms with E-state index < -0.39 is 0 Å². The Morgan fingerprint density at radius 2 is 1.89 bits per heavy atom. The lowest BCUT2D eigenvalue weighted by Gasteiger charge is -2.15. The Balaban J connectivity index is 1.30. The number of pyridine rings is 1. The Bertz CT molecular complexity index is 1150. The highest BCUT2D eigenvalue weighted by atomic mass is 32.1. The van der Waals surface area contributed by atoms with E-state index in [1.165, 1.54) is 21.6 Å². The van der Waals surface area contributed by atoms with Crippen molar-refractivity contribution in [2.75, 3.05) is 0 Å². The number of benzene rings is 1. The third-order valence-corrected chi connectivity index (χ3v) is 6.94. The highest BCUT2D eigenvalue weighted by Crippen LogP contribution is 2.39. The number of nitrogens with one attached hydrogen (secondary N) is 1. The summed E-state index contributed by atoms with van der Waals surface area (Å²) in [4.78, 5) is 23.4. The Morgan fingerprint density at radius 3 is 2.79 bits per heavy atom. The van der Waals surface area contributed by atoms with Crippen molar-refractivity contribution in [3.05, 3.63) is 81.2 Å². The molecule has 4 aromatic rings. The van der Waals surface area contributed by atoms with Crippen LogP contribution in [0.15, 0.2) is 60.2 Å². The van der Waals surface area contributed by atoms with E-state index in [4.69, 9.17) is 0 Å². The molecule has 3 aromatic heterocycles. The van der Waals surface area contributed by atoms with Gasteiger partial charge in [0.1, 0.15) is 5.01 Å². The zero-order chi connectivity index (χ0) is 18.9. The average molecular weight is 404 g/mol. The minimum Gasteiger partial charge on any atom is -0.345 e. The summed E-state index contributed by atoms with van der Waals surface area (Å²) in [5, 5.41) is 5.93. The van der Waals surface area contributed by atoms with Gasteiger partial charge in [-0.2, -0.15) is 0 Å². The number of amides is 1. The van der Waals surface area contributed by atoms with Crippen molar-refractivity contribution in [3.8, 4) is 21.7 Å². The maximum Gasteiger partial charge on any atom is 0.261 e. The van der Waals surface area contributed by atoms with E-state index in [-0.39, 0.29) is 5.91 Å². The Hall–Kier alpha value is -2.83. The van der Waals surface area contributed by atoms with Crippen LogP contribution in [0.4, 0.5) is 0 Å². The minimum absolute atomic E-state index is 0.0301. The molecule has 5 rings (SSSR count). The molecule has 1 amide bonds. The molecule has 1 N–H and O–H groups in total. The predicted octanol–water partition coefficient (Wildman–Crippen LogP) is 4.96. The van der Waals surface area contributed by atoms with Crippen LogP contribution in [0, 0.1) is 0 Å². The number of nitrogens with zero attached hydrogens (tertiary/aromatic N) is 2. The van der Waals surface area contributed by atoms with E-state index in [1.54, 1.807) is 35.1 Å².